The highest BCUT2D eigenvalue weighted by molar-refractivity contribution is 7.99. The SMILES string of the molecule is CC(=O)Nc1ccc(SC[C@@H](O)COCc2ccco2)cc1. The van der Waals surface area contributed by atoms with Crippen molar-refractivity contribution in [2.75, 3.05) is 17.7 Å². The monoisotopic (exact) mass is 321 g/mol. The molecule has 0 unspecified atom stereocenters. The second-order valence-electron chi connectivity index (χ2n) is 4.76. The molecule has 2 aromatic rings. The number of amides is 1. The molecule has 1 amide bonds. The van der Waals surface area contributed by atoms with Gasteiger partial charge in [0.15, 0.2) is 0 Å². The molecule has 0 spiro atoms. The van der Waals surface area contributed by atoms with Gasteiger partial charge in [-0.25, -0.2) is 0 Å². The van der Waals surface area contributed by atoms with Gasteiger partial charge >= 0.3 is 0 Å². The first-order valence-corrected chi connectivity index (χ1v) is 7.90. The number of carbonyl (C=O) groups excluding carboxylic acids is 1. The van der Waals surface area contributed by atoms with Gasteiger partial charge in [-0.2, -0.15) is 0 Å². The lowest BCUT2D eigenvalue weighted by Crippen LogP contribution is -2.17. The van der Waals surface area contributed by atoms with E-state index in [1.165, 1.54) is 18.7 Å². The van der Waals surface area contributed by atoms with E-state index in [0.29, 0.717) is 12.4 Å². The predicted molar refractivity (Wildman–Crippen MR) is 85.8 cm³/mol. The predicted octanol–water partition coefficient (Wildman–Crippen LogP) is 2.91. The molecule has 22 heavy (non-hydrogen) atoms. The van der Waals surface area contributed by atoms with Crippen molar-refractivity contribution in [3.05, 3.63) is 48.4 Å². The number of thioether (sulfide) groups is 1. The van der Waals surface area contributed by atoms with Crippen molar-refractivity contribution in [3.8, 4) is 0 Å². The summed E-state index contributed by atoms with van der Waals surface area (Å²) in [6.07, 6.45) is 1.05. The van der Waals surface area contributed by atoms with Crippen LogP contribution in [0, 0.1) is 0 Å². The highest BCUT2D eigenvalue weighted by atomic mass is 32.2. The van der Waals surface area contributed by atoms with E-state index in [-0.39, 0.29) is 12.5 Å². The number of anilines is 1. The van der Waals surface area contributed by atoms with Crippen molar-refractivity contribution >= 4 is 23.4 Å². The molecule has 0 bridgehead atoms. The molecule has 1 aromatic carbocycles. The smallest absolute Gasteiger partial charge is 0.221 e. The maximum Gasteiger partial charge on any atom is 0.221 e. The van der Waals surface area contributed by atoms with Crippen LogP contribution >= 0.6 is 11.8 Å². The van der Waals surface area contributed by atoms with E-state index in [9.17, 15) is 9.90 Å². The Morgan fingerprint density at radius 1 is 1.36 bits per heavy atom. The van der Waals surface area contributed by atoms with Crippen LogP contribution in [0.4, 0.5) is 5.69 Å². The van der Waals surface area contributed by atoms with Crippen molar-refractivity contribution < 1.29 is 19.1 Å². The lowest BCUT2D eigenvalue weighted by atomic mass is 10.3. The van der Waals surface area contributed by atoms with Gasteiger partial charge in [0.25, 0.3) is 0 Å². The fourth-order valence-electron chi connectivity index (χ4n) is 1.77. The minimum atomic E-state index is -0.546. The van der Waals surface area contributed by atoms with Crippen LogP contribution in [-0.2, 0) is 16.1 Å². The van der Waals surface area contributed by atoms with E-state index in [2.05, 4.69) is 5.32 Å². The summed E-state index contributed by atoms with van der Waals surface area (Å²) >= 11 is 1.54. The zero-order chi connectivity index (χ0) is 15.8. The summed E-state index contributed by atoms with van der Waals surface area (Å²) in [5, 5.41) is 12.6. The molecule has 5 nitrogen and oxygen atoms in total. The van der Waals surface area contributed by atoms with Crippen LogP contribution in [0.3, 0.4) is 0 Å². The van der Waals surface area contributed by atoms with E-state index in [0.717, 1.165) is 16.3 Å². The lowest BCUT2D eigenvalue weighted by Gasteiger charge is -2.10. The third-order valence-electron chi connectivity index (χ3n) is 2.75. The second-order valence-corrected chi connectivity index (χ2v) is 5.86. The maximum atomic E-state index is 10.9. The summed E-state index contributed by atoms with van der Waals surface area (Å²) in [5.41, 5.74) is 0.763. The van der Waals surface area contributed by atoms with Crippen LogP contribution < -0.4 is 5.32 Å². The number of hydrogen-bond donors (Lipinski definition) is 2. The van der Waals surface area contributed by atoms with E-state index in [1.54, 1.807) is 12.3 Å². The Bertz CT molecular complexity index is 568. The molecule has 2 N–H and O–H groups in total. The molecule has 0 radical (unpaired) electrons. The first-order valence-electron chi connectivity index (χ1n) is 6.92. The van der Waals surface area contributed by atoms with Gasteiger partial charge in [-0.05, 0) is 36.4 Å². The molecular weight excluding hydrogens is 302 g/mol. The summed E-state index contributed by atoms with van der Waals surface area (Å²) in [5.74, 6) is 1.19. The average Bonchev–Trinajstić information content (AvgIpc) is 2.99. The molecule has 118 valence electrons. The maximum absolute atomic E-state index is 10.9. The number of rotatable bonds is 8. The third kappa shape index (κ3) is 5.93. The first kappa shape index (κ1) is 16.6. The number of furan rings is 1. The van der Waals surface area contributed by atoms with Crippen LogP contribution in [0.5, 0.6) is 0 Å². The van der Waals surface area contributed by atoms with E-state index < -0.39 is 6.10 Å². The molecule has 0 saturated carbocycles. The third-order valence-corrected chi connectivity index (χ3v) is 3.91. The molecule has 0 aliphatic carbocycles. The quantitative estimate of drug-likeness (QED) is 0.732. The summed E-state index contributed by atoms with van der Waals surface area (Å²) in [7, 11) is 0. The summed E-state index contributed by atoms with van der Waals surface area (Å²) in [6, 6.07) is 11.1. The summed E-state index contributed by atoms with van der Waals surface area (Å²) in [4.78, 5) is 12.0. The molecule has 6 heteroatoms. The molecule has 0 aliphatic rings. The van der Waals surface area contributed by atoms with Crippen molar-refractivity contribution in [2.24, 2.45) is 0 Å². The molecular formula is C16H19NO4S. The minimum Gasteiger partial charge on any atom is -0.467 e. The molecule has 0 aliphatic heterocycles. The zero-order valence-electron chi connectivity index (χ0n) is 12.3. The van der Waals surface area contributed by atoms with Gasteiger partial charge in [-0.3, -0.25) is 4.79 Å². The second kappa shape index (κ2) is 8.63. The Kier molecular flexibility index (Phi) is 6.51. The van der Waals surface area contributed by atoms with Crippen LogP contribution in [0.25, 0.3) is 0 Å². The van der Waals surface area contributed by atoms with E-state index in [1.807, 2.05) is 30.3 Å². The van der Waals surface area contributed by atoms with Gasteiger partial charge in [-0.1, -0.05) is 0 Å². The van der Waals surface area contributed by atoms with E-state index in [4.69, 9.17) is 9.15 Å². The summed E-state index contributed by atoms with van der Waals surface area (Å²) < 4.78 is 10.5. The molecule has 0 fully saturated rings. The number of nitrogens with one attached hydrogen (secondary N) is 1. The normalized spacial score (nSPS) is 12.1. The number of ether oxygens (including phenoxy) is 1. The Labute approximate surface area is 133 Å². The van der Waals surface area contributed by atoms with Crippen LogP contribution in [0.1, 0.15) is 12.7 Å². The average molecular weight is 321 g/mol. The van der Waals surface area contributed by atoms with Gasteiger partial charge in [0.1, 0.15) is 12.4 Å². The Morgan fingerprint density at radius 2 is 2.14 bits per heavy atom. The molecule has 2 rings (SSSR count). The molecule has 0 saturated heterocycles. The Hall–Kier alpha value is -1.76. The van der Waals surface area contributed by atoms with Gasteiger partial charge in [-0.15, -0.1) is 11.8 Å². The number of aliphatic hydroxyl groups is 1. The number of benzene rings is 1. The molecule has 1 aromatic heterocycles. The first-order chi connectivity index (χ1) is 10.6. The number of carbonyl (C=O) groups is 1. The Balaban J connectivity index is 1.67. The highest BCUT2D eigenvalue weighted by Crippen LogP contribution is 2.21. The van der Waals surface area contributed by atoms with Crippen molar-refractivity contribution in [2.45, 2.75) is 24.5 Å². The van der Waals surface area contributed by atoms with Gasteiger partial charge < -0.3 is 19.6 Å². The largest absolute Gasteiger partial charge is 0.467 e. The zero-order valence-corrected chi connectivity index (χ0v) is 13.1. The van der Waals surface area contributed by atoms with Crippen LogP contribution in [-0.4, -0.2) is 29.5 Å². The van der Waals surface area contributed by atoms with Gasteiger partial charge in [0.2, 0.25) is 5.91 Å². The van der Waals surface area contributed by atoms with Gasteiger partial charge in [0.05, 0.1) is 19.0 Å². The van der Waals surface area contributed by atoms with E-state index >= 15 is 0 Å². The Morgan fingerprint density at radius 3 is 2.77 bits per heavy atom. The summed E-state index contributed by atoms with van der Waals surface area (Å²) in [6.45, 7) is 2.10. The fraction of sp³-hybridized carbons (Fsp3) is 0.312. The van der Waals surface area contributed by atoms with Crippen molar-refractivity contribution in [1.82, 2.24) is 0 Å². The number of hydrogen-bond acceptors (Lipinski definition) is 5. The van der Waals surface area contributed by atoms with Crippen LogP contribution in [0.2, 0.25) is 0 Å². The van der Waals surface area contributed by atoms with Gasteiger partial charge in [0, 0.05) is 23.3 Å². The topological polar surface area (TPSA) is 71.7 Å². The van der Waals surface area contributed by atoms with Crippen molar-refractivity contribution in [1.29, 1.82) is 0 Å². The van der Waals surface area contributed by atoms with Crippen molar-refractivity contribution in [3.63, 3.8) is 0 Å². The standard InChI is InChI=1S/C16H19NO4S/c1-12(18)17-13-4-6-16(7-5-13)22-11-14(19)9-20-10-15-3-2-8-21-15/h2-8,14,19H,9-11H2,1H3,(H,17,18)/t14-/m0/s1. The highest BCUT2D eigenvalue weighted by Gasteiger charge is 2.06. The molecule has 1 heterocycles. The minimum absolute atomic E-state index is 0.0930. The fourth-order valence-corrected chi connectivity index (χ4v) is 2.58. The number of aliphatic hydroxyl groups excluding tert-OH is 1. The van der Waals surface area contributed by atoms with Crippen LogP contribution in [0.15, 0.2) is 52.0 Å². The lowest BCUT2D eigenvalue weighted by molar-refractivity contribution is -0.114. The molecule has 1 atom stereocenters.